The van der Waals surface area contributed by atoms with Gasteiger partial charge in [-0.15, -0.1) is 11.3 Å². The van der Waals surface area contributed by atoms with Gasteiger partial charge in [0.15, 0.2) is 5.13 Å². The first-order valence-corrected chi connectivity index (χ1v) is 10.7. The highest BCUT2D eigenvalue weighted by Crippen LogP contribution is 2.33. The summed E-state index contributed by atoms with van der Waals surface area (Å²) < 4.78 is 8.03. The maximum absolute atomic E-state index is 13.4. The zero-order valence-corrected chi connectivity index (χ0v) is 16.3. The Bertz CT molecular complexity index is 1050. The molecule has 0 bridgehead atoms. The van der Waals surface area contributed by atoms with Crippen molar-refractivity contribution < 1.29 is 9.53 Å². The van der Waals surface area contributed by atoms with Crippen molar-refractivity contribution in [3.05, 3.63) is 59.5 Å². The number of thiazole rings is 1. The van der Waals surface area contributed by atoms with E-state index in [-0.39, 0.29) is 12.0 Å². The number of aromatic nitrogens is 1. The molecule has 2 aromatic heterocycles. The minimum Gasteiger partial charge on any atom is -0.376 e. The summed E-state index contributed by atoms with van der Waals surface area (Å²) in [6, 6.07) is 18.1. The number of hydrogen-bond donors (Lipinski definition) is 0. The van der Waals surface area contributed by atoms with Gasteiger partial charge in [-0.05, 0) is 42.5 Å². The van der Waals surface area contributed by atoms with Gasteiger partial charge in [0.05, 0.1) is 27.7 Å². The average Bonchev–Trinajstić information content (AvgIpc) is 3.44. The quantitative estimate of drug-likeness (QED) is 0.469. The second kappa shape index (κ2) is 7.03. The van der Waals surface area contributed by atoms with Crippen LogP contribution in [0.2, 0.25) is 0 Å². The number of thiophene rings is 1. The minimum atomic E-state index is 0.00533. The Morgan fingerprint density at radius 3 is 2.70 bits per heavy atom. The van der Waals surface area contributed by atoms with E-state index in [4.69, 9.17) is 9.72 Å². The second-order valence-electron chi connectivity index (χ2n) is 6.66. The summed E-state index contributed by atoms with van der Waals surface area (Å²) in [6.45, 7) is 1.32. The van der Waals surface area contributed by atoms with E-state index in [9.17, 15) is 4.79 Å². The maximum Gasteiger partial charge on any atom is 0.270 e. The van der Waals surface area contributed by atoms with Crippen molar-refractivity contribution in [2.75, 3.05) is 18.1 Å². The van der Waals surface area contributed by atoms with E-state index in [2.05, 4.69) is 6.07 Å². The van der Waals surface area contributed by atoms with Crippen LogP contribution in [0, 0.1) is 0 Å². The van der Waals surface area contributed by atoms with Gasteiger partial charge in [-0.2, -0.15) is 0 Å². The number of anilines is 1. The van der Waals surface area contributed by atoms with Gasteiger partial charge in [-0.25, -0.2) is 4.98 Å². The molecule has 0 aliphatic carbocycles. The first-order chi connectivity index (χ1) is 13.3. The monoisotopic (exact) mass is 394 g/mol. The number of hydrogen-bond acceptors (Lipinski definition) is 5. The van der Waals surface area contributed by atoms with E-state index in [0.29, 0.717) is 6.54 Å². The third-order valence-corrected chi connectivity index (χ3v) is 6.97. The first-order valence-electron chi connectivity index (χ1n) is 9.05. The lowest BCUT2D eigenvalue weighted by Crippen LogP contribution is -2.37. The van der Waals surface area contributed by atoms with Crippen LogP contribution in [0.5, 0.6) is 0 Å². The number of para-hydroxylation sites is 1. The Labute approximate surface area is 165 Å². The SMILES string of the molecule is O=C(c1cc2ccccc2s1)N(CC1CCCO1)c1nc2ccccc2s1. The molecule has 1 unspecified atom stereocenters. The molecule has 1 fully saturated rings. The molecule has 4 aromatic rings. The van der Waals surface area contributed by atoms with Gasteiger partial charge in [0.25, 0.3) is 5.91 Å². The Hall–Kier alpha value is -2.28. The highest BCUT2D eigenvalue weighted by Gasteiger charge is 2.28. The molecule has 0 N–H and O–H groups in total. The third-order valence-electron chi connectivity index (χ3n) is 4.81. The Morgan fingerprint density at radius 1 is 1.11 bits per heavy atom. The number of ether oxygens (including phenoxy) is 1. The fourth-order valence-corrected chi connectivity index (χ4v) is 5.42. The van der Waals surface area contributed by atoms with Crippen LogP contribution < -0.4 is 4.90 Å². The van der Waals surface area contributed by atoms with Crippen LogP contribution >= 0.6 is 22.7 Å². The lowest BCUT2D eigenvalue weighted by atomic mass is 10.2. The molecule has 4 nitrogen and oxygen atoms in total. The van der Waals surface area contributed by atoms with Gasteiger partial charge >= 0.3 is 0 Å². The molecule has 3 heterocycles. The Kier molecular flexibility index (Phi) is 4.39. The minimum absolute atomic E-state index is 0.00533. The van der Waals surface area contributed by atoms with Crippen molar-refractivity contribution >= 4 is 54.0 Å². The Morgan fingerprint density at radius 2 is 1.93 bits per heavy atom. The number of fused-ring (bicyclic) bond motifs is 2. The number of amides is 1. The fraction of sp³-hybridized carbons (Fsp3) is 0.238. The van der Waals surface area contributed by atoms with Gasteiger partial charge in [-0.1, -0.05) is 41.7 Å². The van der Waals surface area contributed by atoms with Gasteiger partial charge in [-0.3, -0.25) is 9.69 Å². The van der Waals surface area contributed by atoms with Gasteiger partial charge < -0.3 is 4.74 Å². The van der Waals surface area contributed by atoms with Crippen LogP contribution in [-0.4, -0.2) is 30.1 Å². The highest BCUT2D eigenvalue weighted by atomic mass is 32.1. The second-order valence-corrected chi connectivity index (χ2v) is 8.76. The lowest BCUT2D eigenvalue weighted by molar-refractivity contribution is 0.0921. The van der Waals surface area contributed by atoms with Gasteiger partial charge in [0, 0.05) is 11.3 Å². The predicted octanol–water partition coefficient (Wildman–Crippen LogP) is 5.34. The van der Waals surface area contributed by atoms with Crippen molar-refractivity contribution in [3.63, 3.8) is 0 Å². The first kappa shape index (κ1) is 16.9. The zero-order valence-electron chi connectivity index (χ0n) is 14.6. The molecule has 1 amide bonds. The number of rotatable bonds is 4. The summed E-state index contributed by atoms with van der Waals surface area (Å²) in [5, 5.41) is 1.85. The third kappa shape index (κ3) is 3.25. The van der Waals surface area contributed by atoms with Gasteiger partial charge in [0.2, 0.25) is 0 Å². The normalized spacial score (nSPS) is 17.0. The molecule has 0 radical (unpaired) electrons. The van der Waals surface area contributed by atoms with E-state index >= 15 is 0 Å². The highest BCUT2D eigenvalue weighted by molar-refractivity contribution is 7.23. The average molecular weight is 395 g/mol. The van der Waals surface area contributed by atoms with Gasteiger partial charge in [0.1, 0.15) is 0 Å². The largest absolute Gasteiger partial charge is 0.376 e. The molecule has 0 saturated carbocycles. The summed E-state index contributed by atoms with van der Waals surface area (Å²) >= 11 is 3.10. The molecule has 1 atom stereocenters. The molecule has 5 rings (SSSR count). The van der Waals surface area contributed by atoms with Crippen LogP contribution in [0.25, 0.3) is 20.3 Å². The molecule has 27 heavy (non-hydrogen) atoms. The van der Waals surface area contributed by atoms with E-state index < -0.39 is 0 Å². The molecule has 1 aliphatic heterocycles. The number of carbonyl (C=O) groups excluding carboxylic acids is 1. The van der Waals surface area contributed by atoms with E-state index in [0.717, 1.165) is 49.8 Å². The van der Waals surface area contributed by atoms with Crippen molar-refractivity contribution in [1.82, 2.24) is 4.98 Å². The topological polar surface area (TPSA) is 42.4 Å². The van der Waals surface area contributed by atoms with E-state index in [1.165, 1.54) is 11.3 Å². The summed E-state index contributed by atoms with van der Waals surface area (Å²) in [4.78, 5) is 20.7. The van der Waals surface area contributed by atoms with Crippen molar-refractivity contribution in [2.45, 2.75) is 18.9 Å². The smallest absolute Gasteiger partial charge is 0.270 e. The molecular weight excluding hydrogens is 376 g/mol. The molecule has 2 aromatic carbocycles. The van der Waals surface area contributed by atoms with Crippen molar-refractivity contribution in [1.29, 1.82) is 0 Å². The molecular formula is C21H18N2O2S2. The van der Waals surface area contributed by atoms with Crippen molar-refractivity contribution in [3.8, 4) is 0 Å². The van der Waals surface area contributed by atoms with E-state index in [1.54, 1.807) is 11.3 Å². The zero-order chi connectivity index (χ0) is 18.2. The van der Waals surface area contributed by atoms with Crippen LogP contribution in [0.4, 0.5) is 5.13 Å². The summed E-state index contributed by atoms with van der Waals surface area (Å²) in [7, 11) is 0. The summed E-state index contributed by atoms with van der Waals surface area (Å²) in [6.07, 6.45) is 2.12. The van der Waals surface area contributed by atoms with Crippen molar-refractivity contribution in [2.24, 2.45) is 0 Å². The number of benzene rings is 2. The standard InChI is InChI=1S/C21H18N2O2S2/c24-20(19-12-14-6-1-3-9-17(14)26-19)23(13-15-7-5-11-25-15)21-22-16-8-2-4-10-18(16)27-21/h1-4,6,8-10,12,15H,5,7,11,13H2. The van der Waals surface area contributed by atoms with E-state index in [1.807, 2.05) is 53.4 Å². The molecule has 1 aliphatic rings. The Balaban J connectivity index is 1.54. The fourth-order valence-electron chi connectivity index (χ4n) is 3.44. The van der Waals surface area contributed by atoms with Crippen LogP contribution in [0.15, 0.2) is 54.6 Å². The van der Waals surface area contributed by atoms with Crippen LogP contribution in [0.1, 0.15) is 22.5 Å². The summed E-state index contributed by atoms with van der Waals surface area (Å²) in [5.74, 6) is 0.00533. The lowest BCUT2D eigenvalue weighted by Gasteiger charge is -2.22. The number of carbonyl (C=O) groups is 1. The number of nitrogens with zero attached hydrogens (tertiary/aromatic N) is 2. The molecule has 136 valence electrons. The molecule has 1 saturated heterocycles. The summed E-state index contributed by atoms with van der Waals surface area (Å²) in [5.41, 5.74) is 0.930. The molecule has 0 spiro atoms. The predicted molar refractivity (Wildman–Crippen MR) is 112 cm³/mol. The van der Waals surface area contributed by atoms with Crippen LogP contribution in [0.3, 0.4) is 0 Å². The molecule has 6 heteroatoms. The maximum atomic E-state index is 13.4. The van der Waals surface area contributed by atoms with Crippen LogP contribution in [-0.2, 0) is 4.74 Å².